The van der Waals surface area contributed by atoms with E-state index in [1.165, 1.54) is 47.9 Å². The first-order chi connectivity index (χ1) is 10.4. The minimum Gasteiger partial charge on any atom is -1.00 e. The summed E-state index contributed by atoms with van der Waals surface area (Å²) in [4.78, 5) is 0. The Labute approximate surface area is 174 Å². The van der Waals surface area contributed by atoms with Crippen LogP contribution in [-0.2, 0) is 32.0 Å². The van der Waals surface area contributed by atoms with Crippen molar-refractivity contribution in [3.05, 3.63) is 58.7 Å². The van der Waals surface area contributed by atoms with E-state index in [9.17, 15) is 0 Å². The van der Waals surface area contributed by atoms with E-state index in [1.54, 1.807) is 0 Å². The van der Waals surface area contributed by atoms with Gasteiger partial charge in [-0.05, 0) is 0 Å². The number of rotatable bonds is 4. The second-order valence-electron chi connectivity index (χ2n) is 6.09. The second-order valence-corrected chi connectivity index (χ2v) is 12.8. The van der Waals surface area contributed by atoms with Crippen LogP contribution in [-0.4, -0.2) is 6.19 Å². The van der Waals surface area contributed by atoms with Crippen molar-refractivity contribution in [1.29, 1.82) is 0 Å². The smallest absolute Gasteiger partial charge is 1.00 e. The molecule has 0 aliphatic heterocycles. The fourth-order valence-corrected chi connectivity index (χ4v) is 2.14. The zero-order valence-electron chi connectivity index (χ0n) is 16.0. The molecule has 0 fully saturated rings. The van der Waals surface area contributed by atoms with Gasteiger partial charge in [-0.1, -0.05) is 53.4 Å². The van der Waals surface area contributed by atoms with Crippen molar-refractivity contribution >= 4 is 6.19 Å². The second kappa shape index (κ2) is 18.0. The predicted molar refractivity (Wildman–Crippen MR) is 99.0 cm³/mol. The standard InChI is InChI=1S/2C9H13.C2H6Si.2ClH.Ti/c2*1-3-4-9-6-5-8(2)7-9;1-3-2;;;/h2*5-7H,3-4H2,1-2H3;1-2H3;2*1H;/q2*-1;;;;+2/p-2. The molecule has 0 bridgehead atoms. The van der Waals surface area contributed by atoms with E-state index in [1.807, 2.05) is 0 Å². The summed E-state index contributed by atoms with van der Waals surface area (Å²) < 4.78 is 0. The zero-order valence-corrected chi connectivity index (χ0v) is 20.1. The van der Waals surface area contributed by atoms with Crippen molar-refractivity contribution in [3.8, 4) is 0 Å². The van der Waals surface area contributed by atoms with E-state index in [4.69, 9.17) is 0 Å². The molecule has 2 rings (SSSR count). The Bertz CT molecular complexity index is 483. The normalized spacial score (nSPS) is 8.67. The molecule has 0 spiro atoms. The molecule has 0 unspecified atom stereocenters. The molecule has 0 nitrogen and oxygen atoms in total. The fraction of sp³-hybridized carbons (Fsp3) is 0.500. The van der Waals surface area contributed by atoms with E-state index >= 15 is 0 Å². The van der Waals surface area contributed by atoms with Crippen molar-refractivity contribution in [2.24, 2.45) is 0 Å². The molecule has 0 heterocycles. The van der Waals surface area contributed by atoms with Gasteiger partial charge in [0.25, 0.3) is 0 Å². The first-order valence-electron chi connectivity index (χ1n) is 8.35. The van der Waals surface area contributed by atoms with Gasteiger partial charge in [0.1, 0.15) is 0 Å². The van der Waals surface area contributed by atoms with Crippen molar-refractivity contribution in [2.45, 2.75) is 66.5 Å². The molecule has 24 heavy (non-hydrogen) atoms. The van der Waals surface area contributed by atoms with E-state index in [-0.39, 0.29) is 31.0 Å². The van der Waals surface area contributed by atoms with Crippen molar-refractivity contribution in [3.63, 3.8) is 0 Å². The topological polar surface area (TPSA) is 0 Å². The fourth-order valence-electron chi connectivity index (χ4n) is 2.14. The molecule has 0 N–H and O–H groups in total. The maximum Gasteiger partial charge on any atom is -1.00 e. The van der Waals surface area contributed by atoms with Gasteiger partial charge in [-0.25, -0.2) is 23.3 Å². The van der Waals surface area contributed by atoms with Gasteiger partial charge in [0.15, 0.2) is 0 Å². The van der Waals surface area contributed by atoms with Gasteiger partial charge in [0.05, 0.1) is 0 Å². The van der Waals surface area contributed by atoms with Crippen molar-refractivity contribution in [2.75, 3.05) is 0 Å². The summed E-state index contributed by atoms with van der Waals surface area (Å²) in [6.45, 7) is 13.2. The van der Waals surface area contributed by atoms with Gasteiger partial charge in [0, 0.05) is 0 Å². The van der Waals surface area contributed by atoms with Gasteiger partial charge >= 0.3 is 38.5 Å². The summed E-state index contributed by atoms with van der Waals surface area (Å²) in [5, 5.41) is 0. The van der Waals surface area contributed by atoms with Gasteiger partial charge < -0.3 is 24.8 Å². The summed E-state index contributed by atoms with van der Waals surface area (Å²) in [7, 11) is 0. The third kappa shape index (κ3) is 17.0. The molecule has 0 saturated carbocycles. The van der Waals surface area contributed by atoms with Gasteiger partial charge in [-0.2, -0.15) is 35.4 Å². The average Bonchev–Trinajstić information content (AvgIpc) is 3.00. The van der Waals surface area contributed by atoms with Crippen LogP contribution < -0.4 is 24.8 Å². The molecular weight excluding hydrogens is 387 g/mol. The Morgan fingerprint density at radius 2 is 1.12 bits per heavy atom. The summed E-state index contributed by atoms with van der Waals surface area (Å²) >= 11 is 2.27. The molecule has 0 aliphatic rings. The van der Waals surface area contributed by atoms with Crippen LogP contribution in [0.2, 0.25) is 13.1 Å². The van der Waals surface area contributed by atoms with Crippen LogP contribution in [0.5, 0.6) is 0 Å². The molecule has 0 saturated heterocycles. The number of hydrogen-bond acceptors (Lipinski definition) is 0. The Hall–Kier alpha value is 0.211. The molecule has 2 aromatic rings. The molecule has 0 aliphatic carbocycles. The average molecular weight is 419 g/mol. The van der Waals surface area contributed by atoms with E-state index in [0.29, 0.717) is 0 Å². The molecule has 2 aromatic carbocycles. The third-order valence-electron chi connectivity index (χ3n) is 3.02. The predicted octanol–water partition coefficient (Wildman–Crippen LogP) is 0.125. The first kappa shape index (κ1) is 29.0. The summed E-state index contributed by atoms with van der Waals surface area (Å²) in [5.41, 5.74) is 5.74. The largest absolute Gasteiger partial charge is 1.00 e. The summed E-state index contributed by atoms with van der Waals surface area (Å²) in [5.74, 6) is 0. The van der Waals surface area contributed by atoms with Crippen LogP contribution in [0.15, 0.2) is 36.4 Å². The quantitative estimate of drug-likeness (QED) is 0.488. The molecule has 0 radical (unpaired) electrons. The Kier molecular flexibility index (Phi) is 21.8. The Balaban J connectivity index is -0.000000283. The molecular formula is C20H32Cl2SiTi-2. The summed E-state index contributed by atoms with van der Waals surface area (Å²) in [6.07, 6.45) is 5.09. The van der Waals surface area contributed by atoms with Gasteiger partial charge in [-0.15, -0.1) is 0 Å². The molecule has 0 atom stereocenters. The van der Waals surface area contributed by atoms with Gasteiger partial charge in [0.2, 0.25) is 0 Å². The third-order valence-corrected chi connectivity index (χ3v) is 3.02. The minimum absolute atomic E-state index is 0. The van der Waals surface area contributed by atoms with E-state index in [2.05, 4.69) is 96.4 Å². The van der Waals surface area contributed by atoms with Crippen LogP contribution in [0, 0.1) is 13.8 Å². The maximum absolute atomic E-state index is 2.27. The van der Waals surface area contributed by atoms with Crippen molar-refractivity contribution < 1.29 is 44.0 Å². The molecule has 136 valence electrons. The molecule has 4 heteroatoms. The van der Waals surface area contributed by atoms with Crippen LogP contribution in [0.1, 0.15) is 48.9 Å². The molecule has 0 aromatic heterocycles. The van der Waals surface area contributed by atoms with Crippen molar-refractivity contribution in [1.82, 2.24) is 0 Å². The van der Waals surface area contributed by atoms with Gasteiger partial charge in [-0.3, -0.25) is 0 Å². The summed E-state index contributed by atoms with van der Waals surface area (Å²) in [6, 6.07) is 13.3. The maximum atomic E-state index is 2.27. The van der Waals surface area contributed by atoms with Crippen LogP contribution >= 0.6 is 0 Å². The Morgan fingerprint density at radius 1 is 0.833 bits per heavy atom. The SMILES string of the molecule is CCCc1cc(C)c[cH-]1.CCCc1cc(C)c[cH-]1.C[Si](C)=[Ti+2].[Cl-].[Cl-]. The van der Waals surface area contributed by atoms with E-state index in [0.717, 1.165) is 0 Å². The van der Waals surface area contributed by atoms with Crippen LogP contribution in [0.4, 0.5) is 0 Å². The van der Waals surface area contributed by atoms with E-state index < -0.39 is 0 Å². The Morgan fingerprint density at radius 3 is 1.29 bits per heavy atom. The number of aryl methyl sites for hydroxylation is 4. The first-order valence-corrected chi connectivity index (χ1v) is 13.2. The monoisotopic (exact) mass is 418 g/mol. The zero-order chi connectivity index (χ0) is 17.0. The molecule has 0 amide bonds. The number of halogens is 2. The van der Waals surface area contributed by atoms with Crippen LogP contribution in [0.25, 0.3) is 0 Å². The number of hydrogen-bond donors (Lipinski definition) is 0. The van der Waals surface area contributed by atoms with Crippen LogP contribution in [0.3, 0.4) is 0 Å². The minimum atomic E-state index is 0.